The van der Waals surface area contributed by atoms with Crippen molar-refractivity contribution in [1.82, 2.24) is 9.97 Å². The molecule has 0 unspecified atom stereocenters. The molecule has 2 heterocycles. The first-order valence-corrected chi connectivity index (χ1v) is 13.1. The Labute approximate surface area is 232 Å². The van der Waals surface area contributed by atoms with Gasteiger partial charge in [-0.15, -0.1) is 0 Å². The van der Waals surface area contributed by atoms with E-state index in [4.69, 9.17) is 0 Å². The molecule has 2 aromatic heterocycles. The summed E-state index contributed by atoms with van der Waals surface area (Å²) in [6, 6.07) is 6.77. The summed E-state index contributed by atoms with van der Waals surface area (Å²) in [7, 11) is 0. The smallest absolute Gasteiger partial charge is 0.491 e. The average Bonchev–Trinajstić information content (AvgIpc) is 2.92. The van der Waals surface area contributed by atoms with Crippen LogP contribution in [0.2, 0.25) is 0 Å². The first-order chi connectivity index (χ1) is 17.7. The topological polar surface area (TPSA) is 122 Å². The van der Waals surface area contributed by atoms with Crippen LogP contribution in [0.5, 0.6) is 0 Å². The molecule has 204 valence electrons. The minimum Gasteiger partial charge on any atom is -0.491 e. The molecule has 0 aliphatic carbocycles. The molecule has 2 N–H and O–H groups in total. The van der Waals surface area contributed by atoms with Gasteiger partial charge in [0.2, 0.25) is 0 Å². The fraction of sp³-hybridized carbons (Fsp3) is 0.500. The summed E-state index contributed by atoms with van der Waals surface area (Å²) >= 11 is 0. The molecule has 2 rings (SSSR count). The van der Waals surface area contributed by atoms with Crippen molar-refractivity contribution in [3.8, 4) is 0 Å². The van der Waals surface area contributed by atoms with E-state index >= 15 is 0 Å². The maximum Gasteiger partial charge on any atom is 2.00 e. The Hall–Kier alpha value is -2.93. The van der Waals surface area contributed by atoms with Gasteiger partial charge in [-0.2, -0.15) is 0 Å². The van der Waals surface area contributed by atoms with E-state index in [1.165, 1.54) is 51.4 Å². The van der Waals surface area contributed by atoms with Crippen molar-refractivity contribution in [2.45, 2.75) is 90.9 Å². The first-order valence-electron chi connectivity index (χ1n) is 13.1. The molecule has 0 radical (unpaired) electrons. The van der Waals surface area contributed by atoms with Crippen LogP contribution in [0.1, 0.15) is 102 Å². The summed E-state index contributed by atoms with van der Waals surface area (Å²) < 4.78 is 0. The standard InChI is InChI=1S/2C14H21N3O.Ni/c2*1-2-3-4-5-6-7-10-16-17-14(18)13-8-11-15-12-9-13;/h2*8-12H,2-7H2,1H3,(H,17,18);/q;;+2. The third kappa shape index (κ3) is 18.9. The molecule has 2 aromatic rings. The normalized spacial score (nSPS) is 10.4. The van der Waals surface area contributed by atoms with E-state index in [0.29, 0.717) is 11.1 Å². The summed E-state index contributed by atoms with van der Waals surface area (Å²) in [5, 5.41) is 7.72. The van der Waals surface area contributed by atoms with Gasteiger partial charge < -0.3 is 21.1 Å². The second kappa shape index (κ2) is 24.8. The number of amides is 2. The maximum atomic E-state index is 9.60. The van der Waals surface area contributed by atoms with E-state index in [1.54, 1.807) is 61.5 Å². The number of pyridine rings is 2. The molecule has 0 fully saturated rings. The van der Waals surface area contributed by atoms with Crippen LogP contribution in [0.4, 0.5) is 0 Å². The molecule has 0 aliphatic heterocycles. The van der Waals surface area contributed by atoms with E-state index in [-0.39, 0.29) is 28.3 Å². The average molecular weight is 553 g/mol. The summed E-state index contributed by atoms with van der Waals surface area (Å²) in [6.07, 6.45) is 24.2. The van der Waals surface area contributed by atoms with Crippen molar-refractivity contribution < 1.29 is 26.1 Å². The predicted molar refractivity (Wildman–Crippen MR) is 151 cm³/mol. The Morgan fingerprint density at radius 2 is 1.00 bits per heavy atom. The summed E-state index contributed by atoms with van der Waals surface area (Å²) in [5.74, 6) is -0.140. The number of rotatable bonds is 16. The third-order valence-corrected chi connectivity index (χ3v) is 5.22. The third-order valence-electron chi connectivity index (χ3n) is 5.22. The van der Waals surface area contributed by atoms with E-state index < -0.39 is 0 Å². The summed E-state index contributed by atoms with van der Waals surface area (Å²) in [4.78, 5) is 26.9. The van der Waals surface area contributed by atoms with Gasteiger partial charge >= 0.3 is 16.5 Å². The fourth-order valence-corrected chi connectivity index (χ4v) is 3.10. The van der Waals surface area contributed by atoms with Crippen LogP contribution >= 0.6 is 0 Å². The minimum atomic E-state index is -0.0698. The van der Waals surface area contributed by atoms with E-state index in [2.05, 4.69) is 44.9 Å². The van der Waals surface area contributed by atoms with E-state index in [0.717, 1.165) is 25.7 Å². The SMILES string of the molecule is CCCCCCCC=N[N-]C(=[OH+])c1ccncc1.CCCCCCCC=N[N-]C(=[OH+])c1ccncc1.[Ni+2]. The molecule has 0 spiro atoms. The van der Waals surface area contributed by atoms with Crippen molar-refractivity contribution in [2.24, 2.45) is 10.2 Å². The van der Waals surface area contributed by atoms with Gasteiger partial charge in [0.15, 0.2) is 0 Å². The van der Waals surface area contributed by atoms with Gasteiger partial charge in [-0.3, -0.25) is 19.6 Å². The van der Waals surface area contributed by atoms with Crippen LogP contribution in [0.25, 0.3) is 10.9 Å². The van der Waals surface area contributed by atoms with Gasteiger partial charge in [-0.25, -0.2) is 0 Å². The number of unbranched alkanes of at least 4 members (excludes halogenated alkanes) is 10. The van der Waals surface area contributed by atoms with Crippen LogP contribution < -0.4 is 0 Å². The van der Waals surface area contributed by atoms with Crippen molar-refractivity contribution in [2.75, 3.05) is 0 Å². The van der Waals surface area contributed by atoms with Gasteiger partial charge in [0.25, 0.3) is 11.8 Å². The minimum absolute atomic E-state index is 0. The van der Waals surface area contributed by atoms with Crippen LogP contribution in [-0.4, -0.2) is 43.8 Å². The van der Waals surface area contributed by atoms with Gasteiger partial charge in [0, 0.05) is 24.8 Å². The van der Waals surface area contributed by atoms with Gasteiger partial charge in [0.1, 0.15) is 0 Å². The fourth-order valence-electron chi connectivity index (χ4n) is 3.10. The molecular weight excluding hydrogens is 511 g/mol. The van der Waals surface area contributed by atoms with Crippen LogP contribution in [0.3, 0.4) is 0 Å². The molecule has 2 amide bonds. The maximum absolute atomic E-state index is 9.60. The zero-order chi connectivity index (χ0) is 26.1. The number of nitrogens with zero attached hydrogens (tertiary/aromatic N) is 6. The zero-order valence-corrected chi connectivity index (χ0v) is 23.1. The van der Waals surface area contributed by atoms with Crippen LogP contribution in [0, 0.1) is 0 Å². The number of aromatic nitrogens is 2. The second-order valence-electron chi connectivity index (χ2n) is 8.32. The van der Waals surface area contributed by atoms with Gasteiger partial charge in [-0.05, 0) is 62.4 Å². The quantitative estimate of drug-likeness (QED) is 0.0712. The van der Waals surface area contributed by atoms with Gasteiger partial charge in [0.05, 0.1) is 11.1 Å². The molecule has 0 aliphatic rings. The monoisotopic (exact) mass is 552 g/mol. The Bertz CT molecular complexity index is 805. The van der Waals surface area contributed by atoms with Crippen molar-refractivity contribution in [3.05, 3.63) is 71.0 Å². The Morgan fingerprint density at radius 1 is 0.649 bits per heavy atom. The Morgan fingerprint density at radius 3 is 1.35 bits per heavy atom. The Balaban J connectivity index is 0.000000682. The predicted octanol–water partition coefficient (Wildman–Crippen LogP) is 7.30. The summed E-state index contributed by atoms with van der Waals surface area (Å²) in [5.41, 5.74) is 8.74. The number of carbonyl (C=O) groups excluding carboxylic acids is 2. The molecule has 37 heavy (non-hydrogen) atoms. The van der Waals surface area contributed by atoms with Crippen LogP contribution in [-0.2, 0) is 16.5 Å². The van der Waals surface area contributed by atoms with E-state index in [1.807, 2.05) is 0 Å². The molecule has 8 nitrogen and oxygen atoms in total. The molecule has 0 saturated carbocycles. The van der Waals surface area contributed by atoms with Crippen molar-refractivity contribution in [1.29, 1.82) is 0 Å². The molecule has 0 saturated heterocycles. The van der Waals surface area contributed by atoms with E-state index in [9.17, 15) is 9.59 Å². The zero-order valence-electron chi connectivity index (χ0n) is 22.2. The number of hydrogen-bond donors (Lipinski definition) is 0. The Kier molecular flexibility index (Phi) is 22.8. The molecule has 0 bridgehead atoms. The van der Waals surface area contributed by atoms with Crippen LogP contribution in [0.15, 0.2) is 59.3 Å². The molecule has 9 heteroatoms. The second-order valence-corrected chi connectivity index (χ2v) is 8.32. The summed E-state index contributed by atoms with van der Waals surface area (Å²) in [6.45, 7) is 4.41. The largest absolute Gasteiger partial charge is 2.00 e. The molecule has 0 atom stereocenters. The molecule has 0 aromatic carbocycles. The number of hydrogen-bond acceptors (Lipinski definition) is 4. The van der Waals surface area contributed by atoms with Crippen molar-refractivity contribution >= 4 is 24.2 Å². The first kappa shape index (κ1) is 34.1. The molecular formula is C28H42N6NiO2+2. The van der Waals surface area contributed by atoms with Crippen molar-refractivity contribution in [3.63, 3.8) is 0 Å². The van der Waals surface area contributed by atoms with Gasteiger partial charge in [-0.1, -0.05) is 65.2 Å².